The van der Waals surface area contributed by atoms with Crippen LogP contribution in [-0.2, 0) is 0 Å². The summed E-state index contributed by atoms with van der Waals surface area (Å²) in [4.78, 5) is 9.43. The number of halogens is 1. The Morgan fingerprint density at radius 3 is 2.65 bits per heavy atom. The lowest BCUT2D eigenvalue weighted by Gasteiger charge is -2.33. The molecule has 2 heterocycles. The van der Waals surface area contributed by atoms with Crippen molar-refractivity contribution in [2.24, 2.45) is 0 Å². The van der Waals surface area contributed by atoms with Crippen molar-refractivity contribution < 1.29 is 4.39 Å². The summed E-state index contributed by atoms with van der Waals surface area (Å²) in [6.45, 7) is 3.36. The van der Waals surface area contributed by atoms with Crippen molar-refractivity contribution in [3.8, 4) is 10.4 Å². The van der Waals surface area contributed by atoms with Crippen molar-refractivity contribution in [3.05, 3.63) is 36.3 Å². The molecule has 0 saturated carbocycles. The standard InChI is InChI=1S/C14H15FN4S/c15-12-4-2-1-3-11(12)13-9-17-14(20-13)19-7-5-18(10-16)6-8-19/h1-4,9-10,16H,5-8H2. The topological polar surface area (TPSA) is 43.2 Å². The molecule has 4 nitrogen and oxygen atoms in total. The molecule has 0 unspecified atom stereocenters. The summed E-state index contributed by atoms with van der Waals surface area (Å²) < 4.78 is 13.8. The van der Waals surface area contributed by atoms with E-state index in [1.807, 2.05) is 11.0 Å². The van der Waals surface area contributed by atoms with Crippen LogP contribution < -0.4 is 4.90 Å². The predicted octanol–water partition coefficient (Wildman–Crippen LogP) is 2.68. The van der Waals surface area contributed by atoms with Crippen LogP contribution in [0.4, 0.5) is 9.52 Å². The second kappa shape index (κ2) is 5.58. The summed E-state index contributed by atoms with van der Waals surface area (Å²) in [6, 6.07) is 6.77. The number of benzene rings is 1. The Balaban J connectivity index is 1.78. The van der Waals surface area contributed by atoms with Crippen molar-refractivity contribution in [1.82, 2.24) is 9.88 Å². The first-order chi connectivity index (χ1) is 9.78. The minimum atomic E-state index is -0.212. The van der Waals surface area contributed by atoms with E-state index in [-0.39, 0.29) is 5.82 Å². The average molecular weight is 290 g/mol. The fourth-order valence-electron chi connectivity index (χ4n) is 2.24. The van der Waals surface area contributed by atoms with Crippen molar-refractivity contribution >= 4 is 22.8 Å². The number of rotatable bonds is 3. The van der Waals surface area contributed by atoms with Gasteiger partial charge in [0.2, 0.25) is 0 Å². The molecule has 3 rings (SSSR count). The van der Waals surface area contributed by atoms with Crippen LogP contribution in [-0.4, -0.2) is 42.4 Å². The number of anilines is 1. The zero-order valence-electron chi connectivity index (χ0n) is 10.9. The SMILES string of the molecule is N=CN1CCN(c2ncc(-c3ccccc3F)s2)CC1. The molecule has 1 aliphatic rings. The van der Waals surface area contributed by atoms with E-state index in [9.17, 15) is 4.39 Å². The Hall–Kier alpha value is -1.95. The predicted molar refractivity (Wildman–Crippen MR) is 80.1 cm³/mol. The number of aromatic nitrogens is 1. The third kappa shape index (κ3) is 2.51. The Kier molecular flexibility index (Phi) is 3.64. The van der Waals surface area contributed by atoms with E-state index < -0.39 is 0 Å². The quantitative estimate of drug-likeness (QED) is 0.698. The van der Waals surface area contributed by atoms with Gasteiger partial charge < -0.3 is 9.80 Å². The largest absolute Gasteiger partial charge is 0.360 e. The van der Waals surface area contributed by atoms with Gasteiger partial charge in [0.05, 0.1) is 11.2 Å². The number of piperazine rings is 1. The highest BCUT2D eigenvalue weighted by atomic mass is 32.1. The number of hydrogen-bond acceptors (Lipinski definition) is 4. The third-order valence-electron chi connectivity index (χ3n) is 3.40. The first-order valence-electron chi connectivity index (χ1n) is 6.48. The van der Waals surface area contributed by atoms with Gasteiger partial charge in [-0.3, -0.25) is 5.41 Å². The first-order valence-corrected chi connectivity index (χ1v) is 7.30. The molecule has 6 heteroatoms. The van der Waals surface area contributed by atoms with E-state index in [1.54, 1.807) is 18.3 Å². The van der Waals surface area contributed by atoms with Crippen LogP contribution in [0.15, 0.2) is 30.5 Å². The Morgan fingerprint density at radius 1 is 1.20 bits per heavy atom. The molecule has 0 radical (unpaired) electrons. The number of nitrogens with zero attached hydrogens (tertiary/aromatic N) is 3. The smallest absolute Gasteiger partial charge is 0.185 e. The molecule has 1 aromatic carbocycles. The third-order valence-corrected chi connectivity index (χ3v) is 4.49. The van der Waals surface area contributed by atoms with E-state index in [0.717, 1.165) is 36.2 Å². The second-order valence-corrected chi connectivity index (χ2v) is 5.65. The zero-order valence-corrected chi connectivity index (χ0v) is 11.7. The molecule has 104 valence electrons. The van der Waals surface area contributed by atoms with Crippen LogP contribution in [0.2, 0.25) is 0 Å². The summed E-state index contributed by atoms with van der Waals surface area (Å²) >= 11 is 1.51. The second-order valence-electron chi connectivity index (χ2n) is 4.64. The Labute approximate surface area is 121 Å². The molecular weight excluding hydrogens is 275 g/mol. The van der Waals surface area contributed by atoms with Crippen LogP contribution in [0.3, 0.4) is 0 Å². The van der Waals surface area contributed by atoms with E-state index in [0.29, 0.717) is 5.56 Å². The first kappa shape index (κ1) is 13.1. The van der Waals surface area contributed by atoms with Crippen molar-refractivity contribution in [1.29, 1.82) is 5.41 Å². The molecular formula is C14H15FN4S. The van der Waals surface area contributed by atoms with Gasteiger partial charge in [0.25, 0.3) is 0 Å². The van der Waals surface area contributed by atoms with Gasteiger partial charge in [0, 0.05) is 37.9 Å². The van der Waals surface area contributed by atoms with Crippen molar-refractivity contribution in [3.63, 3.8) is 0 Å². The number of nitrogens with one attached hydrogen (secondary N) is 1. The van der Waals surface area contributed by atoms with Gasteiger partial charge in [-0.15, -0.1) is 0 Å². The normalized spacial score (nSPS) is 15.4. The molecule has 1 saturated heterocycles. The van der Waals surface area contributed by atoms with Gasteiger partial charge in [-0.25, -0.2) is 9.37 Å². The van der Waals surface area contributed by atoms with Crippen molar-refractivity contribution in [2.45, 2.75) is 0 Å². The Bertz CT molecular complexity index is 605. The van der Waals surface area contributed by atoms with Gasteiger partial charge in [-0.05, 0) is 6.07 Å². The average Bonchev–Trinajstić information content (AvgIpc) is 2.97. The molecule has 0 aliphatic carbocycles. The van der Waals surface area contributed by atoms with Gasteiger partial charge in [-0.2, -0.15) is 0 Å². The van der Waals surface area contributed by atoms with E-state index in [2.05, 4.69) is 9.88 Å². The minimum Gasteiger partial charge on any atom is -0.360 e. The molecule has 1 N–H and O–H groups in total. The lowest BCUT2D eigenvalue weighted by molar-refractivity contribution is 0.394. The van der Waals surface area contributed by atoms with E-state index in [4.69, 9.17) is 5.41 Å². The van der Waals surface area contributed by atoms with E-state index >= 15 is 0 Å². The number of hydrogen-bond donors (Lipinski definition) is 1. The minimum absolute atomic E-state index is 0.212. The molecule has 1 aliphatic heterocycles. The fraction of sp³-hybridized carbons (Fsp3) is 0.286. The molecule has 0 spiro atoms. The van der Waals surface area contributed by atoms with Crippen molar-refractivity contribution in [2.75, 3.05) is 31.1 Å². The molecule has 0 atom stereocenters. The molecule has 0 amide bonds. The summed E-state index contributed by atoms with van der Waals surface area (Å²) in [5, 5.41) is 8.16. The zero-order chi connectivity index (χ0) is 13.9. The summed E-state index contributed by atoms with van der Waals surface area (Å²) in [5.74, 6) is -0.212. The molecule has 2 aromatic rings. The van der Waals surface area contributed by atoms with Gasteiger partial charge >= 0.3 is 0 Å². The monoisotopic (exact) mass is 290 g/mol. The highest BCUT2D eigenvalue weighted by Gasteiger charge is 2.18. The van der Waals surface area contributed by atoms with Crippen LogP contribution in [0.1, 0.15) is 0 Å². The summed E-state index contributed by atoms with van der Waals surface area (Å²) in [5.41, 5.74) is 0.606. The lowest BCUT2D eigenvalue weighted by atomic mass is 10.2. The maximum Gasteiger partial charge on any atom is 0.185 e. The molecule has 1 fully saturated rings. The summed E-state index contributed by atoms with van der Waals surface area (Å²) in [6.07, 6.45) is 3.12. The van der Waals surface area contributed by atoms with Crippen LogP contribution in [0, 0.1) is 11.2 Å². The van der Waals surface area contributed by atoms with Gasteiger partial charge in [0.1, 0.15) is 5.82 Å². The highest BCUT2D eigenvalue weighted by Crippen LogP contribution is 2.32. The number of thiazole rings is 1. The molecule has 20 heavy (non-hydrogen) atoms. The maximum absolute atomic E-state index is 13.8. The highest BCUT2D eigenvalue weighted by molar-refractivity contribution is 7.18. The Morgan fingerprint density at radius 2 is 1.95 bits per heavy atom. The van der Waals surface area contributed by atoms with Crippen LogP contribution in [0.25, 0.3) is 10.4 Å². The molecule has 1 aromatic heterocycles. The van der Waals surface area contributed by atoms with E-state index in [1.165, 1.54) is 23.7 Å². The summed E-state index contributed by atoms with van der Waals surface area (Å²) in [7, 11) is 0. The maximum atomic E-state index is 13.8. The van der Waals surface area contributed by atoms with Gasteiger partial charge in [-0.1, -0.05) is 29.5 Å². The van der Waals surface area contributed by atoms with Gasteiger partial charge in [0.15, 0.2) is 5.13 Å². The molecule has 0 bridgehead atoms. The lowest BCUT2D eigenvalue weighted by Crippen LogP contribution is -2.45. The fourth-order valence-corrected chi connectivity index (χ4v) is 3.23. The van der Waals surface area contributed by atoms with Crippen LogP contribution in [0.5, 0.6) is 0 Å². The van der Waals surface area contributed by atoms with Crippen LogP contribution >= 0.6 is 11.3 Å².